The molecular weight excluding hydrogens is 248 g/mol. The first-order valence-corrected chi connectivity index (χ1v) is 6.15. The molecule has 0 saturated carbocycles. The molecule has 0 aliphatic heterocycles. The Kier molecular flexibility index (Phi) is 5.29. The van der Waals surface area contributed by atoms with Crippen molar-refractivity contribution >= 4 is 17.3 Å². The number of benzene rings is 1. The van der Waals surface area contributed by atoms with Gasteiger partial charge in [0.2, 0.25) is 0 Å². The summed E-state index contributed by atoms with van der Waals surface area (Å²) in [5.74, 6) is -0.389. The average Bonchev–Trinajstić information content (AvgIpc) is 2.35. The Labute approximate surface area is 112 Å². The van der Waals surface area contributed by atoms with Crippen molar-refractivity contribution in [3.05, 3.63) is 33.9 Å². The van der Waals surface area contributed by atoms with E-state index in [1.54, 1.807) is 24.0 Å². The van der Waals surface area contributed by atoms with Crippen molar-refractivity contribution in [3.8, 4) is 0 Å². The fourth-order valence-corrected chi connectivity index (χ4v) is 1.77. The minimum Gasteiger partial charge on any atom is -0.465 e. The van der Waals surface area contributed by atoms with Gasteiger partial charge in [-0.1, -0.05) is 6.07 Å². The molecule has 0 aliphatic carbocycles. The van der Waals surface area contributed by atoms with E-state index in [0.29, 0.717) is 18.8 Å². The van der Waals surface area contributed by atoms with Crippen LogP contribution in [0, 0.1) is 17.0 Å². The number of aryl methyl sites for hydroxylation is 1. The van der Waals surface area contributed by atoms with E-state index in [1.165, 1.54) is 6.07 Å². The molecular formula is C13H18N2O4. The third kappa shape index (κ3) is 3.94. The van der Waals surface area contributed by atoms with Crippen LogP contribution in [0.2, 0.25) is 0 Å². The minimum absolute atomic E-state index is 0.00301. The van der Waals surface area contributed by atoms with Crippen LogP contribution in [-0.4, -0.2) is 30.6 Å². The summed E-state index contributed by atoms with van der Waals surface area (Å²) in [5, 5.41) is 11.0. The summed E-state index contributed by atoms with van der Waals surface area (Å²) in [7, 11) is 0. The second kappa shape index (κ2) is 6.72. The van der Waals surface area contributed by atoms with Gasteiger partial charge >= 0.3 is 5.97 Å². The van der Waals surface area contributed by atoms with Crippen molar-refractivity contribution in [2.75, 3.05) is 24.6 Å². The quantitative estimate of drug-likeness (QED) is 0.448. The van der Waals surface area contributed by atoms with E-state index in [4.69, 9.17) is 4.74 Å². The number of likely N-dealkylation sites (N-methyl/N-ethyl adjacent to an activating group) is 1. The number of hydrogen-bond acceptors (Lipinski definition) is 5. The first-order chi connectivity index (χ1) is 8.99. The number of nitro benzene ring substituents is 1. The maximum absolute atomic E-state index is 11.5. The van der Waals surface area contributed by atoms with Gasteiger partial charge in [-0.15, -0.1) is 0 Å². The van der Waals surface area contributed by atoms with Crippen LogP contribution in [0.1, 0.15) is 19.4 Å². The van der Waals surface area contributed by atoms with Crippen molar-refractivity contribution in [3.63, 3.8) is 0 Å². The van der Waals surface area contributed by atoms with Gasteiger partial charge in [-0.2, -0.15) is 0 Å². The molecule has 0 atom stereocenters. The summed E-state index contributed by atoms with van der Waals surface area (Å²) in [5.41, 5.74) is 1.35. The Balaban J connectivity index is 3.06. The van der Waals surface area contributed by atoms with Crippen molar-refractivity contribution in [1.82, 2.24) is 0 Å². The zero-order chi connectivity index (χ0) is 14.4. The molecule has 0 aliphatic rings. The number of anilines is 1. The SMILES string of the molecule is CCOC(=O)CN(CC)c1cc(C)ccc1[N+](=O)[O-]. The van der Waals surface area contributed by atoms with E-state index in [-0.39, 0.29) is 18.2 Å². The molecule has 0 heterocycles. The molecule has 0 spiro atoms. The normalized spacial score (nSPS) is 10.1. The van der Waals surface area contributed by atoms with Crippen LogP contribution in [0.5, 0.6) is 0 Å². The molecule has 1 rings (SSSR count). The number of hydrogen-bond donors (Lipinski definition) is 0. The number of nitro groups is 1. The van der Waals surface area contributed by atoms with E-state index < -0.39 is 4.92 Å². The smallest absolute Gasteiger partial charge is 0.325 e. The van der Waals surface area contributed by atoms with Crippen LogP contribution in [-0.2, 0) is 9.53 Å². The number of carbonyl (C=O) groups is 1. The Morgan fingerprint density at radius 3 is 2.63 bits per heavy atom. The second-order valence-corrected chi connectivity index (χ2v) is 4.07. The fourth-order valence-electron chi connectivity index (χ4n) is 1.77. The lowest BCUT2D eigenvalue weighted by Crippen LogP contribution is -2.31. The molecule has 1 aromatic rings. The Bertz CT molecular complexity index is 474. The third-order valence-corrected chi connectivity index (χ3v) is 2.68. The highest BCUT2D eigenvalue weighted by molar-refractivity contribution is 5.78. The van der Waals surface area contributed by atoms with Crippen molar-refractivity contribution < 1.29 is 14.5 Å². The van der Waals surface area contributed by atoms with Gasteiger partial charge in [0.05, 0.1) is 11.5 Å². The Morgan fingerprint density at radius 1 is 1.42 bits per heavy atom. The molecule has 0 saturated heterocycles. The van der Waals surface area contributed by atoms with Gasteiger partial charge in [0.1, 0.15) is 12.2 Å². The zero-order valence-corrected chi connectivity index (χ0v) is 11.4. The van der Waals surface area contributed by atoms with Gasteiger partial charge in [-0.05, 0) is 32.4 Å². The molecule has 0 N–H and O–H groups in total. The summed E-state index contributed by atoms with van der Waals surface area (Å²) in [6, 6.07) is 4.85. The van der Waals surface area contributed by atoms with Crippen molar-refractivity contribution in [2.45, 2.75) is 20.8 Å². The zero-order valence-electron chi connectivity index (χ0n) is 11.4. The number of carbonyl (C=O) groups excluding carboxylic acids is 1. The van der Waals surface area contributed by atoms with Crippen LogP contribution < -0.4 is 4.90 Å². The lowest BCUT2D eigenvalue weighted by Gasteiger charge is -2.22. The largest absolute Gasteiger partial charge is 0.465 e. The number of ether oxygens (including phenoxy) is 1. The number of esters is 1. The van der Waals surface area contributed by atoms with Crippen LogP contribution in [0.25, 0.3) is 0 Å². The summed E-state index contributed by atoms with van der Waals surface area (Å²) >= 11 is 0. The van der Waals surface area contributed by atoms with E-state index in [9.17, 15) is 14.9 Å². The molecule has 0 unspecified atom stereocenters. The lowest BCUT2D eigenvalue weighted by atomic mass is 10.1. The highest BCUT2D eigenvalue weighted by atomic mass is 16.6. The summed E-state index contributed by atoms with van der Waals surface area (Å²) in [6.45, 7) is 6.21. The van der Waals surface area contributed by atoms with Crippen LogP contribution in [0.3, 0.4) is 0 Å². The van der Waals surface area contributed by atoms with Crippen molar-refractivity contribution in [2.24, 2.45) is 0 Å². The molecule has 19 heavy (non-hydrogen) atoms. The molecule has 0 bridgehead atoms. The van der Waals surface area contributed by atoms with Crippen LogP contribution in [0.15, 0.2) is 18.2 Å². The maximum Gasteiger partial charge on any atom is 0.325 e. The van der Waals surface area contributed by atoms with Gasteiger partial charge < -0.3 is 9.64 Å². The molecule has 0 fully saturated rings. The monoisotopic (exact) mass is 266 g/mol. The van der Waals surface area contributed by atoms with E-state index >= 15 is 0 Å². The standard InChI is InChI=1S/C13H18N2O4/c1-4-14(9-13(16)19-5-2)12-8-10(3)6-7-11(12)15(17)18/h6-8H,4-5,9H2,1-3H3. The molecule has 0 radical (unpaired) electrons. The van der Waals surface area contributed by atoms with Gasteiger partial charge in [0.25, 0.3) is 5.69 Å². The lowest BCUT2D eigenvalue weighted by molar-refractivity contribution is -0.384. The highest BCUT2D eigenvalue weighted by Crippen LogP contribution is 2.28. The van der Waals surface area contributed by atoms with E-state index in [2.05, 4.69) is 0 Å². The summed E-state index contributed by atoms with van der Waals surface area (Å²) in [6.07, 6.45) is 0. The highest BCUT2D eigenvalue weighted by Gasteiger charge is 2.20. The van der Waals surface area contributed by atoms with Crippen LogP contribution in [0.4, 0.5) is 11.4 Å². The van der Waals surface area contributed by atoms with Crippen molar-refractivity contribution in [1.29, 1.82) is 0 Å². The third-order valence-electron chi connectivity index (χ3n) is 2.68. The number of rotatable bonds is 6. The second-order valence-electron chi connectivity index (χ2n) is 4.07. The molecule has 6 heteroatoms. The topological polar surface area (TPSA) is 72.7 Å². The average molecular weight is 266 g/mol. The molecule has 1 aromatic carbocycles. The Morgan fingerprint density at radius 2 is 2.11 bits per heavy atom. The fraction of sp³-hybridized carbons (Fsp3) is 0.462. The molecule has 104 valence electrons. The van der Waals surface area contributed by atoms with E-state index in [1.807, 2.05) is 13.8 Å². The maximum atomic E-state index is 11.5. The minimum atomic E-state index is -0.442. The Hall–Kier alpha value is -2.11. The van der Waals surface area contributed by atoms with Gasteiger partial charge in [0.15, 0.2) is 0 Å². The van der Waals surface area contributed by atoms with Gasteiger partial charge in [-0.3, -0.25) is 14.9 Å². The summed E-state index contributed by atoms with van der Waals surface area (Å²) in [4.78, 5) is 23.7. The predicted octanol–water partition coefficient (Wildman–Crippen LogP) is 2.29. The molecule has 6 nitrogen and oxygen atoms in total. The van der Waals surface area contributed by atoms with Gasteiger partial charge in [0, 0.05) is 12.6 Å². The molecule has 0 amide bonds. The first-order valence-electron chi connectivity index (χ1n) is 6.15. The summed E-state index contributed by atoms with van der Waals surface area (Å²) < 4.78 is 4.88. The van der Waals surface area contributed by atoms with Crippen LogP contribution >= 0.6 is 0 Å². The van der Waals surface area contributed by atoms with E-state index in [0.717, 1.165) is 5.56 Å². The predicted molar refractivity (Wildman–Crippen MR) is 72.4 cm³/mol. The molecule has 0 aromatic heterocycles. The number of nitrogens with zero attached hydrogens (tertiary/aromatic N) is 2. The van der Waals surface area contributed by atoms with Gasteiger partial charge in [-0.25, -0.2) is 0 Å². The first kappa shape index (κ1) is 14.9.